The lowest BCUT2D eigenvalue weighted by Crippen LogP contribution is -2.49. The van der Waals surface area contributed by atoms with Crippen LogP contribution < -0.4 is 10.2 Å². The number of nitrogens with zero attached hydrogens (tertiary/aromatic N) is 4. The van der Waals surface area contributed by atoms with Gasteiger partial charge in [-0.2, -0.15) is 0 Å². The van der Waals surface area contributed by atoms with Crippen molar-refractivity contribution in [1.29, 1.82) is 0 Å². The van der Waals surface area contributed by atoms with Gasteiger partial charge in [-0.05, 0) is 44.7 Å². The summed E-state index contributed by atoms with van der Waals surface area (Å²) in [6.45, 7) is 1.91. The number of carbonyl (C=O) groups is 1. The van der Waals surface area contributed by atoms with Crippen molar-refractivity contribution in [2.45, 2.75) is 50.9 Å². The zero-order chi connectivity index (χ0) is 19.7. The van der Waals surface area contributed by atoms with Gasteiger partial charge >= 0.3 is 0 Å². The molecule has 4 rings (SSSR count). The van der Waals surface area contributed by atoms with Gasteiger partial charge in [-0.25, -0.2) is 9.97 Å². The van der Waals surface area contributed by atoms with E-state index in [2.05, 4.69) is 15.3 Å². The van der Waals surface area contributed by atoms with Gasteiger partial charge in [0.25, 0.3) is 0 Å². The van der Waals surface area contributed by atoms with Crippen LogP contribution in [0.2, 0.25) is 0 Å². The number of amides is 1. The summed E-state index contributed by atoms with van der Waals surface area (Å²) in [7, 11) is 1.74. The minimum absolute atomic E-state index is 0.0161. The second-order valence-electron chi connectivity index (χ2n) is 7.36. The Morgan fingerprint density at radius 1 is 1.21 bits per heavy atom. The van der Waals surface area contributed by atoms with E-state index in [9.17, 15) is 9.90 Å². The van der Waals surface area contributed by atoms with Gasteiger partial charge in [0, 0.05) is 24.9 Å². The van der Waals surface area contributed by atoms with Crippen LogP contribution in [0.4, 0.5) is 11.6 Å². The number of aromatic nitrogens is 3. The maximum Gasteiger partial charge on any atom is 0.247 e. The maximum absolute atomic E-state index is 12.7. The molecule has 1 fully saturated rings. The fourth-order valence-electron chi connectivity index (χ4n) is 3.89. The van der Waals surface area contributed by atoms with Crippen molar-refractivity contribution in [3.8, 4) is 11.3 Å². The van der Waals surface area contributed by atoms with Gasteiger partial charge in [0.15, 0.2) is 11.6 Å². The fraction of sp³-hybridized carbons (Fsp3) is 0.500. The van der Waals surface area contributed by atoms with Crippen LogP contribution in [0.3, 0.4) is 0 Å². The van der Waals surface area contributed by atoms with Crippen molar-refractivity contribution in [2.24, 2.45) is 0 Å². The van der Waals surface area contributed by atoms with E-state index in [0.29, 0.717) is 23.0 Å². The third kappa shape index (κ3) is 3.57. The number of pyridine rings is 1. The van der Waals surface area contributed by atoms with E-state index in [1.54, 1.807) is 32.5 Å². The lowest BCUT2D eigenvalue weighted by Gasteiger charge is -2.38. The number of ether oxygens (including phenoxy) is 1. The average molecular weight is 383 g/mol. The van der Waals surface area contributed by atoms with Gasteiger partial charge in [-0.1, -0.05) is 0 Å². The van der Waals surface area contributed by atoms with Crippen molar-refractivity contribution >= 4 is 17.5 Å². The number of hydrogen-bond donors (Lipinski definition) is 2. The third-order valence-electron chi connectivity index (χ3n) is 5.51. The van der Waals surface area contributed by atoms with Gasteiger partial charge in [-0.15, -0.1) is 0 Å². The number of carbonyl (C=O) groups excluding carboxylic acids is 1. The molecular weight excluding hydrogens is 358 g/mol. The van der Waals surface area contributed by atoms with Crippen molar-refractivity contribution in [1.82, 2.24) is 15.0 Å². The SMILES string of the molecule is CO[C@H]1CC[C@H](N2C(=O)CNc3ncc(-c4ccc(C(C)O)nc4)nc32)CC1. The van der Waals surface area contributed by atoms with Crippen molar-refractivity contribution in [3.63, 3.8) is 0 Å². The van der Waals surface area contributed by atoms with Crippen LogP contribution in [-0.2, 0) is 9.53 Å². The Labute approximate surface area is 164 Å². The summed E-state index contributed by atoms with van der Waals surface area (Å²) in [5, 5.41) is 12.7. The third-order valence-corrected chi connectivity index (χ3v) is 5.51. The number of nitrogens with one attached hydrogen (secondary N) is 1. The van der Waals surface area contributed by atoms with Crippen molar-refractivity contribution in [3.05, 3.63) is 30.2 Å². The number of aliphatic hydroxyl groups is 1. The topological polar surface area (TPSA) is 100 Å². The second kappa shape index (κ2) is 7.81. The normalized spacial score (nSPS) is 23.1. The molecule has 28 heavy (non-hydrogen) atoms. The molecule has 148 valence electrons. The number of rotatable bonds is 4. The minimum Gasteiger partial charge on any atom is -0.387 e. The molecule has 3 heterocycles. The van der Waals surface area contributed by atoms with Crippen LogP contribution in [0.1, 0.15) is 44.4 Å². The Morgan fingerprint density at radius 3 is 2.64 bits per heavy atom. The number of fused-ring (bicyclic) bond motifs is 1. The molecule has 1 saturated carbocycles. The lowest BCUT2D eigenvalue weighted by molar-refractivity contribution is -0.118. The Balaban J connectivity index is 1.64. The Kier molecular flexibility index (Phi) is 5.23. The average Bonchev–Trinajstić information content (AvgIpc) is 2.73. The molecule has 2 aliphatic rings. The summed E-state index contributed by atoms with van der Waals surface area (Å²) in [6, 6.07) is 3.74. The predicted molar refractivity (Wildman–Crippen MR) is 105 cm³/mol. The first-order valence-electron chi connectivity index (χ1n) is 9.67. The van der Waals surface area contributed by atoms with Crippen LogP contribution in [0, 0.1) is 0 Å². The highest BCUT2D eigenvalue weighted by atomic mass is 16.5. The molecule has 1 aliphatic heterocycles. The lowest BCUT2D eigenvalue weighted by atomic mass is 9.91. The molecule has 2 N–H and O–H groups in total. The quantitative estimate of drug-likeness (QED) is 0.835. The van der Waals surface area contributed by atoms with Crippen LogP contribution in [0.5, 0.6) is 0 Å². The second-order valence-corrected chi connectivity index (χ2v) is 7.36. The summed E-state index contributed by atoms with van der Waals surface area (Å²) in [4.78, 5) is 28.0. The zero-order valence-corrected chi connectivity index (χ0v) is 16.1. The van der Waals surface area contributed by atoms with Crippen LogP contribution in [-0.4, -0.2) is 51.8 Å². The highest BCUT2D eigenvalue weighted by molar-refractivity contribution is 6.01. The standard InChI is InChI=1S/C20H25N5O3/c1-12(26)16-8-3-13(9-21-16)17-10-22-19-20(24-17)25(18(27)11-23-19)14-4-6-15(28-2)7-5-14/h3,8-10,12,14-15,26H,4-7,11H2,1-2H3,(H,22,23)/t12?,14-,15-. The number of aliphatic hydroxyl groups excluding tert-OH is 1. The van der Waals surface area contributed by atoms with Crippen molar-refractivity contribution in [2.75, 3.05) is 23.9 Å². The summed E-state index contributed by atoms with van der Waals surface area (Å²) in [6.07, 6.45) is 6.65. The molecule has 0 radical (unpaired) electrons. The molecule has 1 amide bonds. The van der Waals surface area contributed by atoms with E-state index in [-0.39, 0.29) is 24.6 Å². The highest BCUT2D eigenvalue weighted by Gasteiger charge is 2.35. The molecule has 2 aromatic rings. The summed E-state index contributed by atoms with van der Waals surface area (Å²) in [5.74, 6) is 1.22. The number of hydrogen-bond acceptors (Lipinski definition) is 7. The zero-order valence-electron chi connectivity index (χ0n) is 16.1. The largest absolute Gasteiger partial charge is 0.387 e. The highest BCUT2D eigenvalue weighted by Crippen LogP contribution is 2.34. The van der Waals surface area contributed by atoms with Gasteiger partial charge in [-0.3, -0.25) is 14.7 Å². The van der Waals surface area contributed by atoms with Crippen LogP contribution in [0.15, 0.2) is 24.5 Å². The Bertz CT molecular complexity index is 847. The van der Waals surface area contributed by atoms with Gasteiger partial charge < -0.3 is 15.2 Å². The predicted octanol–water partition coefficient (Wildman–Crippen LogP) is 2.31. The Hall–Kier alpha value is -2.58. The van der Waals surface area contributed by atoms with E-state index >= 15 is 0 Å². The summed E-state index contributed by atoms with van der Waals surface area (Å²) in [5.41, 5.74) is 2.04. The van der Waals surface area contributed by atoms with Crippen LogP contribution >= 0.6 is 0 Å². The molecule has 8 heteroatoms. The Morgan fingerprint density at radius 2 is 2.00 bits per heavy atom. The first-order valence-corrected chi connectivity index (χ1v) is 9.67. The molecule has 1 atom stereocenters. The number of anilines is 2. The van der Waals surface area contributed by atoms with Gasteiger partial charge in [0.2, 0.25) is 5.91 Å². The van der Waals surface area contributed by atoms with Gasteiger partial charge in [0.05, 0.1) is 36.3 Å². The number of methoxy groups -OCH3 is 1. The molecule has 0 aromatic carbocycles. The molecule has 0 spiro atoms. The van der Waals surface area contributed by atoms with E-state index < -0.39 is 6.10 Å². The molecular formula is C20H25N5O3. The monoisotopic (exact) mass is 383 g/mol. The van der Waals surface area contributed by atoms with E-state index in [1.807, 2.05) is 11.0 Å². The smallest absolute Gasteiger partial charge is 0.247 e. The molecule has 0 bridgehead atoms. The van der Waals surface area contributed by atoms with E-state index in [0.717, 1.165) is 31.2 Å². The van der Waals surface area contributed by atoms with Crippen molar-refractivity contribution < 1.29 is 14.6 Å². The minimum atomic E-state index is -0.622. The van der Waals surface area contributed by atoms with Gasteiger partial charge in [0.1, 0.15) is 0 Å². The summed E-state index contributed by atoms with van der Waals surface area (Å²) >= 11 is 0. The molecule has 1 unspecified atom stereocenters. The van der Waals surface area contributed by atoms with E-state index in [1.165, 1.54) is 0 Å². The summed E-state index contributed by atoms with van der Waals surface area (Å²) < 4.78 is 5.46. The first-order chi connectivity index (χ1) is 13.6. The maximum atomic E-state index is 12.7. The molecule has 8 nitrogen and oxygen atoms in total. The first kappa shape index (κ1) is 18.8. The molecule has 0 saturated heterocycles. The molecule has 2 aromatic heterocycles. The fourth-order valence-corrected chi connectivity index (χ4v) is 3.89. The molecule has 1 aliphatic carbocycles. The van der Waals surface area contributed by atoms with Crippen LogP contribution in [0.25, 0.3) is 11.3 Å². The van der Waals surface area contributed by atoms with E-state index in [4.69, 9.17) is 9.72 Å².